The summed E-state index contributed by atoms with van der Waals surface area (Å²) in [7, 11) is 0. The summed E-state index contributed by atoms with van der Waals surface area (Å²) in [5, 5.41) is 3.65. The minimum Gasteiger partial charge on any atom is -0.464 e. The summed E-state index contributed by atoms with van der Waals surface area (Å²) in [4.78, 5) is 28.7. The van der Waals surface area contributed by atoms with Gasteiger partial charge in [-0.2, -0.15) is 0 Å². The average molecular weight is 314 g/mol. The minimum atomic E-state index is -0.645. The molecule has 1 aromatic carbocycles. The number of benzene rings is 1. The van der Waals surface area contributed by atoms with Crippen LogP contribution in [0.25, 0.3) is 10.9 Å². The topological polar surface area (TPSA) is 68.3 Å². The second-order valence-electron chi connectivity index (χ2n) is 5.82. The van der Waals surface area contributed by atoms with Crippen LogP contribution in [0.1, 0.15) is 37.6 Å². The molecule has 1 atom stereocenters. The monoisotopic (exact) mass is 314 g/mol. The number of aromatic nitrogens is 1. The largest absolute Gasteiger partial charge is 0.464 e. The molecule has 2 aromatic rings. The maximum Gasteiger partial charge on any atom is 0.328 e. The Bertz CT molecular complexity index is 697. The van der Waals surface area contributed by atoms with Crippen molar-refractivity contribution in [2.45, 2.75) is 33.2 Å². The number of nitrogens with one attached hydrogen (secondary N) is 1. The number of rotatable bonds is 6. The van der Waals surface area contributed by atoms with E-state index < -0.39 is 12.0 Å². The normalized spacial score (nSPS) is 12.2. The number of carbonyl (C=O) groups excluding carboxylic acids is 2. The molecule has 23 heavy (non-hydrogen) atoms. The van der Waals surface area contributed by atoms with Crippen molar-refractivity contribution in [3.63, 3.8) is 0 Å². The second kappa shape index (κ2) is 7.72. The number of hydrogen-bond acceptors (Lipinski definition) is 4. The lowest BCUT2D eigenvalue weighted by Crippen LogP contribution is -2.42. The Balaban J connectivity index is 2.17. The molecule has 0 aliphatic rings. The zero-order chi connectivity index (χ0) is 16.8. The Morgan fingerprint density at radius 3 is 2.70 bits per heavy atom. The highest BCUT2D eigenvalue weighted by Gasteiger charge is 2.23. The van der Waals surface area contributed by atoms with Gasteiger partial charge in [-0.15, -0.1) is 0 Å². The van der Waals surface area contributed by atoms with Crippen molar-refractivity contribution in [2.75, 3.05) is 6.61 Å². The summed E-state index contributed by atoms with van der Waals surface area (Å²) < 4.78 is 5.04. The summed E-state index contributed by atoms with van der Waals surface area (Å²) >= 11 is 0. The summed E-state index contributed by atoms with van der Waals surface area (Å²) in [5.41, 5.74) is 1.26. The first-order chi connectivity index (χ1) is 11.0. The Morgan fingerprint density at radius 2 is 2.00 bits per heavy atom. The highest BCUT2D eigenvalue weighted by Crippen LogP contribution is 2.13. The fourth-order valence-electron chi connectivity index (χ4n) is 2.37. The predicted molar refractivity (Wildman–Crippen MR) is 89.1 cm³/mol. The third kappa shape index (κ3) is 4.52. The molecule has 1 unspecified atom stereocenters. The van der Waals surface area contributed by atoms with Crippen LogP contribution < -0.4 is 5.32 Å². The maximum absolute atomic E-state index is 12.4. The van der Waals surface area contributed by atoms with Crippen LogP contribution in [-0.2, 0) is 9.53 Å². The average Bonchev–Trinajstić information content (AvgIpc) is 2.53. The van der Waals surface area contributed by atoms with Crippen molar-refractivity contribution in [3.8, 4) is 0 Å². The first-order valence-electron chi connectivity index (χ1n) is 7.83. The van der Waals surface area contributed by atoms with Crippen LogP contribution in [0.15, 0.2) is 36.5 Å². The maximum atomic E-state index is 12.4. The molecule has 1 N–H and O–H groups in total. The van der Waals surface area contributed by atoms with E-state index in [1.807, 2.05) is 38.1 Å². The summed E-state index contributed by atoms with van der Waals surface area (Å²) in [6.07, 6.45) is 2.06. The van der Waals surface area contributed by atoms with E-state index in [0.29, 0.717) is 18.6 Å². The SMILES string of the molecule is CCOC(=O)C(CC(C)C)NC(=O)c1cnc2ccccc2c1. The first kappa shape index (κ1) is 16.9. The van der Waals surface area contributed by atoms with E-state index in [2.05, 4.69) is 10.3 Å². The molecule has 0 aliphatic heterocycles. The lowest BCUT2D eigenvalue weighted by atomic mass is 10.0. The summed E-state index contributed by atoms with van der Waals surface area (Å²) in [6.45, 7) is 6.03. The number of fused-ring (bicyclic) bond motifs is 1. The fraction of sp³-hybridized carbons (Fsp3) is 0.389. The highest BCUT2D eigenvalue weighted by atomic mass is 16.5. The van der Waals surface area contributed by atoms with Crippen LogP contribution >= 0.6 is 0 Å². The number of hydrogen-bond donors (Lipinski definition) is 1. The van der Waals surface area contributed by atoms with E-state index in [0.717, 1.165) is 10.9 Å². The molecule has 5 nitrogen and oxygen atoms in total. The number of carbonyl (C=O) groups is 2. The molecule has 2 rings (SSSR count). The van der Waals surface area contributed by atoms with Crippen LogP contribution in [0.2, 0.25) is 0 Å². The van der Waals surface area contributed by atoms with Gasteiger partial charge >= 0.3 is 5.97 Å². The molecular weight excluding hydrogens is 292 g/mol. The van der Waals surface area contributed by atoms with Crippen molar-refractivity contribution in [1.29, 1.82) is 0 Å². The minimum absolute atomic E-state index is 0.263. The van der Waals surface area contributed by atoms with Gasteiger partial charge in [-0.25, -0.2) is 4.79 Å². The molecular formula is C18H22N2O3. The molecule has 0 aliphatic carbocycles. The quantitative estimate of drug-likeness (QED) is 0.832. The van der Waals surface area contributed by atoms with E-state index in [1.54, 1.807) is 13.0 Å². The summed E-state index contributed by atoms with van der Waals surface area (Å²) in [5.74, 6) is -0.454. The van der Waals surface area contributed by atoms with E-state index >= 15 is 0 Å². The Morgan fingerprint density at radius 1 is 1.26 bits per heavy atom. The number of para-hydroxylation sites is 1. The van der Waals surface area contributed by atoms with E-state index in [-0.39, 0.29) is 11.8 Å². The first-order valence-corrected chi connectivity index (χ1v) is 7.83. The van der Waals surface area contributed by atoms with Gasteiger partial charge in [0.25, 0.3) is 5.91 Å². The van der Waals surface area contributed by atoms with Gasteiger partial charge in [0.1, 0.15) is 6.04 Å². The molecule has 0 saturated carbocycles. The van der Waals surface area contributed by atoms with Crippen molar-refractivity contribution in [3.05, 3.63) is 42.1 Å². The van der Waals surface area contributed by atoms with Gasteiger partial charge in [-0.1, -0.05) is 32.0 Å². The molecule has 1 heterocycles. The zero-order valence-corrected chi connectivity index (χ0v) is 13.7. The molecule has 5 heteroatoms. The van der Waals surface area contributed by atoms with Gasteiger partial charge in [0.15, 0.2) is 0 Å². The highest BCUT2D eigenvalue weighted by molar-refractivity contribution is 5.99. The van der Waals surface area contributed by atoms with E-state index in [9.17, 15) is 9.59 Å². The van der Waals surface area contributed by atoms with Gasteiger partial charge in [-0.3, -0.25) is 9.78 Å². The number of ether oxygens (including phenoxy) is 1. The Hall–Kier alpha value is -2.43. The molecule has 0 radical (unpaired) electrons. The van der Waals surface area contributed by atoms with Crippen molar-refractivity contribution in [1.82, 2.24) is 10.3 Å². The molecule has 1 amide bonds. The van der Waals surface area contributed by atoms with Gasteiger partial charge in [0, 0.05) is 11.6 Å². The molecule has 0 saturated heterocycles. The third-order valence-electron chi connectivity index (χ3n) is 3.44. The Kier molecular flexibility index (Phi) is 5.68. The predicted octanol–water partition coefficient (Wildman–Crippen LogP) is 2.94. The van der Waals surface area contributed by atoms with E-state index in [4.69, 9.17) is 4.74 Å². The van der Waals surface area contributed by atoms with Gasteiger partial charge < -0.3 is 10.1 Å². The van der Waals surface area contributed by atoms with Gasteiger partial charge in [-0.05, 0) is 31.4 Å². The van der Waals surface area contributed by atoms with E-state index in [1.165, 1.54) is 6.20 Å². The molecule has 1 aromatic heterocycles. The number of amides is 1. The fourth-order valence-corrected chi connectivity index (χ4v) is 2.37. The van der Waals surface area contributed by atoms with Crippen molar-refractivity contribution >= 4 is 22.8 Å². The number of pyridine rings is 1. The number of esters is 1. The van der Waals surface area contributed by atoms with Crippen molar-refractivity contribution in [2.24, 2.45) is 5.92 Å². The van der Waals surface area contributed by atoms with Crippen LogP contribution in [0.5, 0.6) is 0 Å². The van der Waals surface area contributed by atoms with Crippen LogP contribution in [0, 0.1) is 5.92 Å². The van der Waals surface area contributed by atoms with Crippen LogP contribution in [-0.4, -0.2) is 29.5 Å². The van der Waals surface area contributed by atoms with Crippen molar-refractivity contribution < 1.29 is 14.3 Å². The second-order valence-corrected chi connectivity index (χ2v) is 5.82. The Labute approximate surface area is 136 Å². The molecule has 0 bridgehead atoms. The lowest BCUT2D eigenvalue weighted by molar-refractivity contribution is -0.145. The van der Waals surface area contributed by atoms with Crippen LogP contribution in [0.4, 0.5) is 0 Å². The summed E-state index contributed by atoms with van der Waals surface area (Å²) in [6, 6.07) is 8.71. The standard InChI is InChI=1S/C18H22N2O3/c1-4-23-18(22)16(9-12(2)3)20-17(21)14-10-13-7-5-6-8-15(13)19-11-14/h5-8,10-12,16H,4,9H2,1-3H3,(H,20,21). The molecule has 0 fully saturated rings. The van der Waals surface area contributed by atoms with Gasteiger partial charge in [0.05, 0.1) is 17.7 Å². The number of nitrogens with zero attached hydrogens (tertiary/aromatic N) is 1. The third-order valence-corrected chi connectivity index (χ3v) is 3.44. The molecule has 122 valence electrons. The molecule has 0 spiro atoms. The lowest BCUT2D eigenvalue weighted by Gasteiger charge is -2.19. The zero-order valence-electron chi connectivity index (χ0n) is 13.7. The smallest absolute Gasteiger partial charge is 0.328 e. The van der Waals surface area contributed by atoms with Crippen LogP contribution in [0.3, 0.4) is 0 Å². The van der Waals surface area contributed by atoms with Gasteiger partial charge in [0.2, 0.25) is 0 Å².